The lowest BCUT2D eigenvalue weighted by Gasteiger charge is -2.23. The van der Waals surface area contributed by atoms with Gasteiger partial charge in [-0.2, -0.15) is 0 Å². The smallest absolute Gasteiger partial charge is 0.117 e. The summed E-state index contributed by atoms with van der Waals surface area (Å²) in [5, 5.41) is 10.2. The van der Waals surface area contributed by atoms with Crippen LogP contribution in [0.4, 0.5) is 0 Å². The van der Waals surface area contributed by atoms with Crippen LogP contribution in [0, 0.1) is 0 Å². The van der Waals surface area contributed by atoms with Crippen molar-refractivity contribution >= 4 is 0 Å². The van der Waals surface area contributed by atoms with Crippen molar-refractivity contribution in [2.45, 2.75) is 19.3 Å². The number of hydrogen-bond donors (Lipinski definition) is 1. The lowest BCUT2D eigenvalue weighted by Crippen LogP contribution is -2.36. The Morgan fingerprint density at radius 1 is 1.17 bits per heavy atom. The molecular weight excluding hydrogens is 294 g/mol. The molecule has 0 spiro atoms. The number of benzene rings is 1. The number of ether oxygens (including phenoxy) is 2. The van der Waals surface area contributed by atoms with E-state index in [1.807, 2.05) is 42.5 Å². The van der Waals surface area contributed by atoms with Crippen molar-refractivity contribution in [3.8, 4) is 0 Å². The van der Waals surface area contributed by atoms with Gasteiger partial charge in [-0.15, -0.1) is 0 Å². The van der Waals surface area contributed by atoms with Crippen LogP contribution in [0.25, 0.3) is 0 Å². The molecule has 0 aliphatic heterocycles. The summed E-state index contributed by atoms with van der Waals surface area (Å²) in [6, 6.07) is 13.7. The minimum absolute atomic E-state index is 0.302. The molecule has 0 aliphatic rings. The molecule has 126 valence electrons. The van der Waals surface area contributed by atoms with E-state index in [0.717, 1.165) is 17.9 Å². The maximum atomic E-state index is 10.2. The van der Waals surface area contributed by atoms with E-state index in [0.29, 0.717) is 32.9 Å². The first-order valence-electron chi connectivity index (χ1n) is 7.81. The number of hydrogen-bond acceptors (Lipinski definition) is 5. The van der Waals surface area contributed by atoms with Crippen LogP contribution < -0.4 is 0 Å². The predicted molar refractivity (Wildman–Crippen MR) is 88.0 cm³/mol. The molecule has 5 heteroatoms. The summed E-state index contributed by atoms with van der Waals surface area (Å²) in [5.41, 5.74) is 1.10. The van der Waals surface area contributed by atoms with Crippen molar-refractivity contribution in [2.75, 3.05) is 33.4 Å². The van der Waals surface area contributed by atoms with Crippen LogP contribution in [0.1, 0.15) is 11.3 Å². The molecule has 1 heterocycles. The van der Waals surface area contributed by atoms with Crippen molar-refractivity contribution in [3.63, 3.8) is 0 Å². The summed E-state index contributed by atoms with van der Waals surface area (Å²) in [6.07, 6.45) is 1.11. The molecule has 0 unspecified atom stereocenters. The van der Waals surface area contributed by atoms with Gasteiger partial charge in [-0.1, -0.05) is 30.3 Å². The molecule has 1 atom stereocenters. The topological polar surface area (TPSA) is 55.1 Å². The van der Waals surface area contributed by atoms with Crippen LogP contribution in [0.3, 0.4) is 0 Å². The highest BCUT2D eigenvalue weighted by Gasteiger charge is 2.13. The summed E-state index contributed by atoms with van der Waals surface area (Å²) in [6.45, 7) is 3.31. The van der Waals surface area contributed by atoms with Crippen molar-refractivity contribution in [3.05, 3.63) is 60.1 Å². The third-order valence-electron chi connectivity index (χ3n) is 3.46. The third-order valence-corrected chi connectivity index (χ3v) is 3.46. The van der Waals surface area contributed by atoms with Gasteiger partial charge >= 0.3 is 0 Å². The first kappa shape index (κ1) is 17.7. The second kappa shape index (κ2) is 10.2. The van der Waals surface area contributed by atoms with Crippen LogP contribution in [0.2, 0.25) is 0 Å². The highest BCUT2D eigenvalue weighted by molar-refractivity contribution is 5.13. The fraction of sp³-hybridized carbons (Fsp3) is 0.444. The van der Waals surface area contributed by atoms with Gasteiger partial charge in [0.15, 0.2) is 0 Å². The van der Waals surface area contributed by atoms with Crippen molar-refractivity contribution in [1.82, 2.24) is 4.90 Å². The Hall–Kier alpha value is -1.66. The lowest BCUT2D eigenvalue weighted by atomic mass is 10.2. The standard InChI is InChI=1S/C18H25NO4/c1-21-11-9-19(13-18-8-5-10-23-18)12-17(20)15-22-14-16-6-3-2-4-7-16/h2-8,10,17,20H,9,11-15H2,1H3/t17-/m0/s1. The van der Waals surface area contributed by atoms with E-state index in [2.05, 4.69) is 4.90 Å². The first-order valence-corrected chi connectivity index (χ1v) is 7.81. The monoisotopic (exact) mass is 319 g/mol. The van der Waals surface area contributed by atoms with Crippen molar-refractivity contribution in [1.29, 1.82) is 0 Å². The Morgan fingerprint density at radius 3 is 2.70 bits per heavy atom. The molecule has 0 radical (unpaired) electrons. The van der Waals surface area contributed by atoms with E-state index in [-0.39, 0.29) is 0 Å². The zero-order chi connectivity index (χ0) is 16.3. The highest BCUT2D eigenvalue weighted by Crippen LogP contribution is 2.07. The largest absolute Gasteiger partial charge is 0.468 e. The summed E-state index contributed by atoms with van der Waals surface area (Å²) in [7, 11) is 1.67. The molecule has 2 rings (SSSR count). The minimum Gasteiger partial charge on any atom is -0.468 e. The van der Waals surface area contributed by atoms with Crippen LogP contribution in [0.15, 0.2) is 53.1 Å². The molecule has 0 saturated heterocycles. The average Bonchev–Trinajstić information content (AvgIpc) is 3.06. The molecule has 1 aromatic carbocycles. The number of furan rings is 1. The fourth-order valence-electron chi connectivity index (χ4n) is 2.32. The molecule has 23 heavy (non-hydrogen) atoms. The molecule has 0 bridgehead atoms. The quantitative estimate of drug-likeness (QED) is 0.689. The van der Waals surface area contributed by atoms with Gasteiger partial charge in [-0.05, 0) is 17.7 Å². The molecule has 5 nitrogen and oxygen atoms in total. The normalized spacial score (nSPS) is 12.7. The Kier molecular flexibility index (Phi) is 7.83. The van der Waals surface area contributed by atoms with Gasteiger partial charge in [0, 0.05) is 20.2 Å². The van der Waals surface area contributed by atoms with Crippen LogP contribution in [0.5, 0.6) is 0 Å². The molecule has 2 aromatic rings. The number of aliphatic hydroxyl groups excluding tert-OH is 1. The lowest BCUT2D eigenvalue weighted by molar-refractivity contribution is 0.00373. The predicted octanol–water partition coefficient (Wildman–Crippen LogP) is 2.31. The van der Waals surface area contributed by atoms with E-state index in [4.69, 9.17) is 13.9 Å². The highest BCUT2D eigenvalue weighted by atomic mass is 16.5. The summed E-state index contributed by atoms with van der Waals surface area (Å²) >= 11 is 0. The maximum absolute atomic E-state index is 10.2. The number of nitrogens with zero attached hydrogens (tertiary/aromatic N) is 1. The molecule has 1 aromatic heterocycles. The molecule has 0 fully saturated rings. The van der Waals surface area contributed by atoms with E-state index in [1.54, 1.807) is 13.4 Å². The van der Waals surface area contributed by atoms with E-state index in [9.17, 15) is 5.11 Å². The Morgan fingerprint density at radius 2 is 2.00 bits per heavy atom. The van der Waals surface area contributed by atoms with E-state index >= 15 is 0 Å². The van der Waals surface area contributed by atoms with Gasteiger partial charge in [0.1, 0.15) is 5.76 Å². The van der Waals surface area contributed by atoms with Gasteiger partial charge in [0.2, 0.25) is 0 Å². The van der Waals surface area contributed by atoms with E-state index < -0.39 is 6.10 Å². The Labute approximate surface area is 137 Å². The molecule has 0 saturated carbocycles. The number of methoxy groups -OCH3 is 1. The van der Waals surface area contributed by atoms with Gasteiger partial charge in [-0.25, -0.2) is 0 Å². The summed E-state index contributed by atoms with van der Waals surface area (Å²) < 4.78 is 16.1. The SMILES string of the molecule is COCCN(Cc1ccco1)C[C@H](O)COCc1ccccc1. The van der Waals surface area contributed by atoms with Crippen molar-refractivity contribution < 1.29 is 19.0 Å². The average molecular weight is 319 g/mol. The minimum atomic E-state index is -0.550. The van der Waals surface area contributed by atoms with Crippen LogP contribution >= 0.6 is 0 Å². The van der Waals surface area contributed by atoms with Gasteiger partial charge < -0.3 is 19.0 Å². The second-order valence-corrected chi connectivity index (χ2v) is 5.46. The zero-order valence-electron chi connectivity index (χ0n) is 13.6. The maximum Gasteiger partial charge on any atom is 0.117 e. The molecular formula is C18H25NO4. The molecule has 1 N–H and O–H groups in total. The van der Waals surface area contributed by atoms with Gasteiger partial charge in [-0.3, -0.25) is 4.90 Å². The van der Waals surface area contributed by atoms with Crippen LogP contribution in [-0.4, -0.2) is 49.5 Å². The first-order chi connectivity index (χ1) is 11.3. The Balaban J connectivity index is 1.73. The van der Waals surface area contributed by atoms with Gasteiger partial charge in [0.05, 0.1) is 38.7 Å². The van der Waals surface area contributed by atoms with Crippen molar-refractivity contribution in [2.24, 2.45) is 0 Å². The Bertz CT molecular complexity index is 515. The summed E-state index contributed by atoms with van der Waals surface area (Å²) in [4.78, 5) is 2.10. The second-order valence-electron chi connectivity index (χ2n) is 5.46. The van der Waals surface area contributed by atoms with Crippen LogP contribution in [-0.2, 0) is 22.6 Å². The number of rotatable bonds is 11. The fourth-order valence-corrected chi connectivity index (χ4v) is 2.32. The zero-order valence-corrected chi connectivity index (χ0v) is 13.6. The third kappa shape index (κ3) is 6.97. The van der Waals surface area contributed by atoms with E-state index in [1.165, 1.54) is 0 Å². The summed E-state index contributed by atoms with van der Waals surface area (Å²) in [5.74, 6) is 0.874. The number of aliphatic hydroxyl groups is 1. The van der Waals surface area contributed by atoms with Gasteiger partial charge in [0.25, 0.3) is 0 Å². The molecule has 0 aliphatic carbocycles. The molecule has 0 amide bonds.